The lowest BCUT2D eigenvalue weighted by Gasteiger charge is -2.17. The van der Waals surface area contributed by atoms with Crippen molar-refractivity contribution in [3.8, 4) is 5.75 Å². The first kappa shape index (κ1) is 13.9. The molecule has 3 aliphatic rings. The molecule has 2 aliphatic carbocycles. The van der Waals surface area contributed by atoms with E-state index in [1.807, 2.05) is 0 Å². The van der Waals surface area contributed by atoms with Crippen molar-refractivity contribution in [2.75, 3.05) is 4.90 Å². The lowest BCUT2D eigenvalue weighted by atomic mass is 9.85. The van der Waals surface area contributed by atoms with E-state index in [4.69, 9.17) is 4.74 Å². The summed E-state index contributed by atoms with van der Waals surface area (Å²) in [7, 11) is 0. The highest BCUT2D eigenvalue weighted by molar-refractivity contribution is 6.22. The molecule has 0 N–H and O–H groups in total. The van der Waals surface area contributed by atoms with E-state index in [2.05, 4.69) is 18.7 Å². The Morgan fingerprint density at radius 1 is 1.17 bits per heavy atom. The van der Waals surface area contributed by atoms with Crippen molar-refractivity contribution in [1.82, 2.24) is 0 Å². The van der Waals surface area contributed by atoms with Gasteiger partial charge in [0.25, 0.3) is 0 Å². The minimum absolute atomic E-state index is 0.149. The van der Waals surface area contributed by atoms with E-state index < -0.39 is 5.97 Å². The summed E-state index contributed by atoms with van der Waals surface area (Å²) in [5, 5.41) is 0. The second-order valence-electron chi connectivity index (χ2n) is 6.13. The lowest BCUT2D eigenvalue weighted by Crippen LogP contribution is -2.32. The van der Waals surface area contributed by atoms with Gasteiger partial charge in [0.2, 0.25) is 11.8 Å². The zero-order chi connectivity index (χ0) is 16.1. The number of hydrogen-bond acceptors (Lipinski definition) is 4. The van der Waals surface area contributed by atoms with E-state index in [1.54, 1.807) is 18.2 Å². The SMILES string of the molecule is C=CC(=O)Oc1cccc(N2C(=O)[C@@H]3[C@H](C2=O)[C@H]2C=C[C@@H]3C2)c1. The van der Waals surface area contributed by atoms with Crippen LogP contribution in [0.2, 0.25) is 0 Å². The number of esters is 1. The van der Waals surface area contributed by atoms with Gasteiger partial charge in [0, 0.05) is 12.1 Å². The molecule has 2 amide bonds. The van der Waals surface area contributed by atoms with Crippen molar-refractivity contribution in [2.45, 2.75) is 6.42 Å². The molecule has 4 atom stereocenters. The van der Waals surface area contributed by atoms with Gasteiger partial charge in [-0.25, -0.2) is 9.69 Å². The molecule has 1 saturated heterocycles. The van der Waals surface area contributed by atoms with E-state index in [0.29, 0.717) is 5.69 Å². The molecular formula is C18H15NO4. The van der Waals surface area contributed by atoms with Crippen LogP contribution in [0, 0.1) is 23.7 Å². The number of allylic oxidation sites excluding steroid dienone is 2. The van der Waals surface area contributed by atoms with Crippen LogP contribution in [0.15, 0.2) is 49.1 Å². The summed E-state index contributed by atoms with van der Waals surface area (Å²) >= 11 is 0. The highest BCUT2D eigenvalue weighted by Crippen LogP contribution is 2.53. The zero-order valence-electron chi connectivity index (χ0n) is 12.3. The topological polar surface area (TPSA) is 63.7 Å². The number of benzene rings is 1. The first-order chi connectivity index (χ1) is 11.1. The van der Waals surface area contributed by atoms with Crippen molar-refractivity contribution in [2.24, 2.45) is 23.7 Å². The largest absolute Gasteiger partial charge is 0.423 e. The summed E-state index contributed by atoms with van der Waals surface area (Å²) in [5.41, 5.74) is 0.447. The Labute approximate surface area is 133 Å². The zero-order valence-corrected chi connectivity index (χ0v) is 12.3. The standard InChI is InChI=1S/C18H15NO4/c1-2-14(20)23-13-5-3-4-12(9-13)19-17(21)15-10-6-7-11(8-10)16(15)18(19)22/h2-7,9-11,15-16H,1,8H2/t10-,11+,15+,16-. The maximum absolute atomic E-state index is 12.7. The number of carbonyl (C=O) groups excluding carboxylic acids is 3. The van der Waals surface area contributed by atoms with E-state index in [9.17, 15) is 14.4 Å². The first-order valence-electron chi connectivity index (χ1n) is 7.60. The van der Waals surface area contributed by atoms with Gasteiger partial charge < -0.3 is 4.74 Å². The second-order valence-corrected chi connectivity index (χ2v) is 6.13. The van der Waals surface area contributed by atoms with E-state index >= 15 is 0 Å². The van der Waals surface area contributed by atoms with Gasteiger partial charge in [0.1, 0.15) is 5.75 Å². The molecule has 0 unspecified atom stereocenters. The lowest BCUT2D eigenvalue weighted by molar-refractivity contribution is -0.129. The molecule has 1 aliphatic heterocycles. The number of rotatable bonds is 3. The minimum atomic E-state index is -0.583. The summed E-state index contributed by atoms with van der Waals surface area (Å²) in [6.45, 7) is 3.34. The van der Waals surface area contributed by atoms with Crippen LogP contribution < -0.4 is 9.64 Å². The fourth-order valence-electron chi connectivity index (χ4n) is 4.00. The van der Waals surface area contributed by atoms with Gasteiger partial charge in [0.15, 0.2) is 0 Å². The van der Waals surface area contributed by atoms with Crippen LogP contribution in [-0.4, -0.2) is 17.8 Å². The molecule has 23 heavy (non-hydrogen) atoms. The Kier molecular flexibility index (Phi) is 2.98. The molecule has 0 spiro atoms. The van der Waals surface area contributed by atoms with Gasteiger partial charge in [-0.15, -0.1) is 0 Å². The quantitative estimate of drug-likeness (QED) is 0.282. The summed E-state index contributed by atoms with van der Waals surface area (Å²) in [4.78, 5) is 38.0. The van der Waals surface area contributed by atoms with E-state index in [-0.39, 0.29) is 41.2 Å². The van der Waals surface area contributed by atoms with Gasteiger partial charge in [-0.2, -0.15) is 0 Å². The number of anilines is 1. The maximum atomic E-state index is 12.7. The van der Waals surface area contributed by atoms with Crippen LogP contribution in [0.25, 0.3) is 0 Å². The number of amides is 2. The Morgan fingerprint density at radius 2 is 1.83 bits per heavy atom. The average Bonchev–Trinajstić information content (AvgIpc) is 3.21. The number of fused-ring (bicyclic) bond motifs is 5. The van der Waals surface area contributed by atoms with Crippen molar-refractivity contribution >= 4 is 23.5 Å². The predicted molar refractivity (Wildman–Crippen MR) is 82.5 cm³/mol. The fraction of sp³-hybridized carbons (Fsp3) is 0.278. The van der Waals surface area contributed by atoms with Crippen LogP contribution in [0.3, 0.4) is 0 Å². The van der Waals surface area contributed by atoms with Crippen molar-refractivity contribution in [1.29, 1.82) is 0 Å². The summed E-state index contributed by atoms with van der Waals surface area (Å²) < 4.78 is 5.06. The third-order valence-electron chi connectivity index (χ3n) is 4.93. The molecule has 1 aromatic rings. The van der Waals surface area contributed by atoms with Crippen molar-refractivity contribution in [3.63, 3.8) is 0 Å². The monoisotopic (exact) mass is 309 g/mol. The fourth-order valence-corrected chi connectivity index (χ4v) is 4.00. The number of hydrogen-bond donors (Lipinski definition) is 0. The van der Waals surface area contributed by atoms with Crippen molar-refractivity contribution in [3.05, 3.63) is 49.1 Å². The van der Waals surface area contributed by atoms with Crippen LogP contribution in [0.1, 0.15) is 6.42 Å². The maximum Gasteiger partial charge on any atom is 0.335 e. The Morgan fingerprint density at radius 3 is 2.43 bits per heavy atom. The van der Waals surface area contributed by atoms with Crippen LogP contribution in [-0.2, 0) is 14.4 Å². The molecule has 5 heteroatoms. The summed E-state index contributed by atoms with van der Waals surface area (Å²) in [6.07, 6.45) is 6.08. The van der Waals surface area contributed by atoms with Crippen LogP contribution in [0.5, 0.6) is 5.75 Å². The molecule has 116 valence electrons. The van der Waals surface area contributed by atoms with Crippen molar-refractivity contribution < 1.29 is 19.1 Å². The Bertz CT molecular complexity index is 736. The van der Waals surface area contributed by atoms with Crippen LogP contribution >= 0.6 is 0 Å². The molecule has 0 aromatic heterocycles. The summed E-state index contributed by atoms with van der Waals surface area (Å²) in [5.74, 6) is -0.727. The Balaban J connectivity index is 1.65. The second kappa shape index (κ2) is 4.91. The molecule has 2 bridgehead atoms. The number of nitrogens with zero attached hydrogens (tertiary/aromatic N) is 1. The number of carbonyl (C=O) groups is 3. The van der Waals surface area contributed by atoms with Gasteiger partial charge in [-0.05, 0) is 30.4 Å². The van der Waals surface area contributed by atoms with E-state index in [1.165, 1.54) is 11.0 Å². The van der Waals surface area contributed by atoms with Crippen LogP contribution in [0.4, 0.5) is 5.69 Å². The number of ether oxygens (including phenoxy) is 1. The average molecular weight is 309 g/mol. The first-order valence-corrected chi connectivity index (χ1v) is 7.60. The molecule has 2 fully saturated rings. The molecule has 4 rings (SSSR count). The third kappa shape index (κ3) is 1.96. The molecule has 0 radical (unpaired) electrons. The highest BCUT2D eigenvalue weighted by Gasteiger charge is 2.59. The molecular weight excluding hydrogens is 294 g/mol. The van der Waals surface area contributed by atoms with Gasteiger partial charge in [0.05, 0.1) is 17.5 Å². The van der Waals surface area contributed by atoms with Gasteiger partial charge in [-0.1, -0.05) is 24.8 Å². The Hall–Kier alpha value is -2.69. The normalized spacial score (nSPS) is 30.7. The smallest absolute Gasteiger partial charge is 0.335 e. The molecule has 1 saturated carbocycles. The predicted octanol–water partition coefficient (Wildman–Crippen LogP) is 2.09. The third-order valence-corrected chi connectivity index (χ3v) is 4.93. The molecule has 1 aromatic carbocycles. The number of imide groups is 1. The van der Waals surface area contributed by atoms with Gasteiger partial charge >= 0.3 is 5.97 Å². The van der Waals surface area contributed by atoms with Gasteiger partial charge in [-0.3, -0.25) is 9.59 Å². The molecule has 1 heterocycles. The minimum Gasteiger partial charge on any atom is -0.423 e. The molecule has 5 nitrogen and oxygen atoms in total. The van der Waals surface area contributed by atoms with E-state index in [0.717, 1.165) is 12.5 Å². The highest BCUT2D eigenvalue weighted by atomic mass is 16.5. The summed E-state index contributed by atoms with van der Waals surface area (Å²) in [6, 6.07) is 6.47.